The molecule has 0 saturated carbocycles. The molecule has 0 amide bonds. The number of piperidine rings is 1. The van der Waals surface area contributed by atoms with Gasteiger partial charge in [-0.2, -0.15) is 0 Å². The minimum atomic E-state index is 0.591. The van der Waals surface area contributed by atoms with Crippen LogP contribution in [-0.2, 0) is 0 Å². The molecule has 2 fully saturated rings. The van der Waals surface area contributed by atoms with Gasteiger partial charge in [0.05, 0.1) is 0 Å². The minimum absolute atomic E-state index is 0.591. The highest BCUT2D eigenvalue weighted by molar-refractivity contribution is 4.86. The number of hydrogen-bond acceptors (Lipinski definition) is 2. The maximum atomic E-state index is 3.47. The maximum Gasteiger partial charge on any atom is 0.00364 e. The normalized spacial score (nSPS) is 32.0. The Bertz CT molecular complexity index is 197. The van der Waals surface area contributed by atoms with Crippen molar-refractivity contribution in [3.05, 3.63) is 0 Å². The third-order valence-electron chi connectivity index (χ3n) is 4.36. The largest absolute Gasteiger partial charge is 0.317 e. The van der Waals surface area contributed by atoms with Gasteiger partial charge >= 0.3 is 0 Å². The summed E-state index contributed by atoms with van der Waals surface area (Å²) in [5, 5.41) is 3.47. The average molecular weight is 210 g/mol. The van der Waals surface area contributed by atoms with Gasteiger partial charge in [-0.05, 0) is 50.2 Å². The molecular weight excluding hydrogens is 184 g/mol. The van der Waals surface area contributed by atoms with Crippen LogP contribution in [-0.4, -0.2) is 37.6 Å². The van der Waals surface area contributed by atoms with Crippen molar-refractivity contribution in [3.63, 3.8) is 0 Å². The van der Waals surface area contributed by atoms with Crippen molar-refractivity contribution in [1.82, 2.24) is 10.2 Å². The predicted molar refractivity (Wildman–Crippen MR) is 65.0 cm³/mol. The molecule has 2 aliphatic heterocycles. The summed E-state index contributed by atoms with van der Waals surface area (Å²) in [5.74, 6) is 0.982. The molecule has 2 aliphatic rings. The van der Waals surface area contributed by atoms with Gasteiger partial charge in [0.15, 0.2) is 0 Å². The van der Waals surface area contributed by atoms with E-state index in [1.165, 1.54) is 58.4 Å². The highest BCUT2D eigenvalue weighted by atomic mass is 15.2. The number of hydrogen-bond donors (Lipinski definition) is 1. The van der Waals surface area contributed by atoms with E-state index in [1.54, 1.807) is 0 Å². The van der Waals surface area contributed by atoms with Crippen LogP contribution in [0.1, 0.15) is 39.5 Å². The zero-order valence-corrected chi connectivity index (χ0v) is 10.4. The van der Waals surface area contributed by atoms with Crippen molar-refractivity contribution in [2.75, 3.05) is 32.7 Å². The molecule has 2 heteroatoms. The highest BCUT2D eigenvalue weighted by Gasteiger charge is 2.31. The van der Waals surface area contributed by atoms with E-state index in [1.807, 2.05) is 0 Å². The lowest BCUT2D eigenvalue weighted by Gasteiger charge is -2.37. The fourth-order valence-corrected chi connectivity index (χ4v) is 3.12. The molecule has 0 spiro atoms. The van der Waals surface area contributed by atoms with Crippen molar-refractivity contribution in [2.45, 2.75) is 39.5 Å². The van der Waals surface area contributed by atoms with Gasteiger partial charge in [0, 0.05) is 13.1 Å². The van der Waals surface area contributed by atoms with Crippen LogP contribution in [0.3, 0.4) is 0 Å². The second kappa shape index (κ2) is 4.84. The summed E-state index contributed by atoms with van der Waals surface area (Å²) < 4.78 is 0. The summed E-state index contributed by atoms with van der Waals surface area (Å²) >= 11 is 0. The predicted octanol–water partition coefficient (Wildman–Crippen LogP) is 2.11. The zero-order chi connectivity index (χ0) is 10.7. The Morgan fingerprint density at radius 1 is 1.33 bits per heavy atom. The van der Waals surface area contributed by atoms with Gasteiger partial charge in [-0.25, -0.2) is 0 Å². The Morgan fingerprint density at radius 2 is 2.07 bits per heavy atom. The smallest absolute Gasteiger partial charge is 0.00364 e. The van der Waals surface area contributed by atoms with Crippen LogP contribution in [0.15, 0.2) is 0 Å². The first-order chi connectivity index (χ1) is 7.22. The van der Waals surface area contributed by atoms with Crippen molar-refractivity contribution in [1.29, 1.82) is 0 Å². The van der Waals surface area contributed by atoms with Crippen LogP contribution in [0.2, 0.25) is 0 Å². The van der Waals surface area contributed by atoms with E-state index in [2.05, 4.69) is 24.1 Å². The molecule has 0 bridgehead atoms. The molecule has 2 nitrogen and oxygen atoms in total. The number of likely N-dealkylation sites (tertiary alicyclic amines) is 1. The molecule has 1 atom stereocenters. The molecule has 1 N–H and O–H groups in total. The van der Waals surface area contributed by atoms with Gasteiger partial charge in [-0.15, -0.1) is 0 Å². The Morgan fingerprint density at radius 3 is 2.67 bits per heavy atom. The van der Waals surface area contributed by atoms with Gasteiger partial charge < -0.3 is 10.2 Å². The zero-order valence-electron chi connectivity index (χ0n) is 10.4. The molecule has 15 heavy (non-hydrogen) atoms. The van der Waals surface area contributed by atoms with Crippen molar-refractivity contribution in [3.8, 4) is 0 Å². The van der Waals surface area contributed by atoms with E-state index in [4.69, 9.17) is 0 Å². The van der Waals surface area contributed by atoms with Gasteiger partial charge in [0.25, 0.3) is 0 Å². The number of nitrogens with one attached hydrogen (secondary N) is 1. The first-order valence-electron chi connectivity index (χ1n) is 6.65. The van der Waals surface area contributed by atoms with Crippen molar-refractivity contribution in [2.24, 2.45) is 11.3 Å². The standard InChI is InChI=1S/C13H26N2/c1-3-12-4-9-15(10-12)11-13(2)5-7-14-8-6-13/h12,14H,3-11H2,1-2H3. The fraction of sp³-hybridized carbons (Fsp3) is 1.00. The topological polar surface area (TPSA) is 15.3 Å². The fourth-order valence-electron chi connectivity index (χ4n) is 3.12. The average Bonchev–Trinajstić information content (AvgIpc) is 2.66. The van der Waals surface area contributed by atoms with E-state index < -0.39 is 0 Å². The van der Waals surface area contributed by atoms with Crippen LogP contribution in [0.25, 0.3) is 0 Å². The van der Waals surface area contributed by atoms with Gasteiger partial charge in [-0.3, -0.25) is 0 Å². The Kier molecular flexibility index (Phi) is 3.68. The second-order valence-electron chi connectivity index (χ2n) is 5.86. The monoisotopic (exact) mass is 210 g/mol. The molecule has 0 aromatic heterocycles. The van der Waals surface area contributed by atoms with Crippen LogP contribution in [0.5, 0.6) is 0 Å². The van der Waals surface area contributed by atoms with Crippen LogP contribution in [0.4, 0.5) is 0 Å². The van der Waals surface area contributed by atoms with E-state index >= 15 is 0 Å². The number of rotatable bonds is 3. The summed E-state index contributed by atoms with van der Waals surface area (Å²) in [7, 11) is 0. The van der Waals surface area contributed by atoms with Gasteiger partial charge in [0.1, 0.15) is 0 Å². The lowest BCUT2D eigenvalue weighted by Crippen LogP contribution is -2.42. The Labute approximate surface area is 94.4 Å². The molecule has 2 rings (SSSR count). The van der Waals surface area contributed by atoms with Crippen molar-refractivity contribution < 1.29 is 0 Å². The second-order valence-corrected chi connectivity index (χ2v) is 5.86. The van der Waals surface area contributed by atoms with E-state index in [9.17, 15) is 0 Å². The van der Waals surface area contributed by atoms with Crippen molar-refractivity contribution >= 4 is 0 Å². The molecule has 2 saturated heterocycles. The third-order valence-corrected chi connectivity index (χ3v) is 4.36. The third kappa shape index (κ3) is 2.94. The van der Waals surface area contributed by atoms with Gasteiger partial charge in [0.2, 0.25) is 0 Å². The van der Waals surface area contributed by atoms with Crippen LogP contribution in [0, 0.1) is 11.3 Å². The van der Waals surface area contributed by atoms with Crippen LogP contribution >= 0.6 is 0 Å². The van der Waals surface area contributed by atoms with E-state index in [0.29, 0.717) is 5.41 Å². The lowest BCUT2D eigenvalue weighted by atomic mass is 9.80. The molecular formula is C13H26N2. The minimum Gasteiger partial charge on any atom is -0.317 e. The maximum absolute atomic E-state index is 3.47. The first-order valence-corrected chi connectivity index (χ1v) is 6.65. The summed E-state index contributed by atoms with van der Waals surface area (Å²) in [5.41, 5.74) is 0.591. The molecule has 88 valence electrons. The first kappa shape index (κ1) is 11.4. The molecule has 0 aliphatic carbocycles. The summed E-state index contributed by atoms with van der Waals surface area (Å²) in [4.78, 5) is 2.71. The van der Waals surface area contributed by atoms with E-state index in [-0.39, 0.29) is 0 Å². The molecule has 1 unspecified atom stereocenters. The highest BCUT2D eigenvalue weighted by Crippen LogP contribution is 2.31. The number of nitrogens with zero attached hydrogens (tertiary/aromatic N) is 1. The Hall–Kier alpha value is -0.0800. The SMILES string of the molecule is CCC1CCN(CC2(C)CCNCC2)C1. The quantitative estimate of drug-likeness (QED) is 0.767. The van der Waals surface area contributed by atoms with E-state index in [0.717, 1.165) is 5.92 Å². The lowest BCUT2D eigenvalue weighted by molar-refractivity contribution is 0.144. The molecule has 2 heterocycles. The van der Waals surface area contributed by atoms with Gasteiger partial charge in [-0.1, -0.05) is 20.3 Å². The van der Waals surface area contributed by atoms with Crippen LogP contribution < -0.4 is 5.32 Å². The summed E-state index contributed by atoms with van der Waals surface area (Å²) in [6, 6.07) is 0. The molecule has 0 radical (unpaired) electrons. The Balaban J connectivity index is 1.80. The summed E-state index contributed by atoms with van der Waals surface area (Å²) in [6.07, 6.45) is 5.53. The summed E-state index contributed by atoms with van der Waals surface area (Å²) in [6.45, 7) is 11.3. The molecule has 0 aromatic carbocycles. The molecule has 0 aromatic rings.